The molecule has 0 spiro atoms. The van der Waals surface area contributed by atoms with Crippen LogP contribution < -0.4 is 20.7 Å². The summed E-state index contributed by atoms with van der Waals surface area (Å²) < 4.78 is 5.28. The van der Waals surface area contributed by atoms with Crippen LogP contribution in [0.15, 0.2) is 48.5 Å². The quantitative estimate of drug-likeness (QED) is 0.678. The number of carbonyl (C=O) groups excluding carboxylic acids is 2. The van der Waals surface area contributed by atoms with E-state index in [1.807, 2.05) is 25.1 Å². The van der Waals surface area contributed by atoms with E-state index in [1.165, 1.54) is 12.7 Å². The first kappa shape index (κ1) is 21.3. The maximum absolute atomic E-state index is 12.5. The van der Waals surface area contributed by atoms with Crippen LogP contribution in [0.25, 0.3) is 0 Å². The van der Waals surface area contributed by atoms with Crippen molar-refractivity contribution in [1.29, 1.82) is 0 Å². The highest BCUT2D eigenvalue weighted by Gasteiger charge is 2.24. The molecule has 0 radical (unpaired) electrons. The molecule has 0 aromatic heterocycles. The number of carbonyl (C=O) groups is 2. The molecule has 0 aliphatic rings. The highest BCUT2D eigenvalue weighted by molar-refractivity contribution is 5.97. The Morgan fingerprint density at radius 2 is 1.79 bits per heavy atom. The standard InChI is InChI=1S/C22H29N3O3/c1-15(14-22(2,3)17-9-7-6-8-10-17)24-21(27)25-18-13-16(20(26)23-4)11-12-19(18)28-5/h6-13,15H,14H2,1-5H3,(H,23,26)(H2,24,25,27). The topological polar surface area (TPSA) is 79.5 Å². The van der Waals surface area contributed by atoms with Gasteiger partial charge in [0.15, 0.2) is 0 Å². The summed E-state index contributed by atoms with van der Waals surface area (Å²) in [4.78, 5) is 24.3. The minimum absolute atomic E-state index is 0.0525. The molecule has 3 amide bonds. The number of hydrogen-bond acceptors (Lipinski definition) is 3. The third-order valence-corrected chi connectivity index (χ3v) is 4.69. The third kappa shape index (κ3) is 5.49. The smallest absolute Gasteiger partial charge is 0.319 e. The van der Waals surface area contributed by atoms with E-state index >= 15 is 0 Å². The Hall–Kier alpha value is -3.02. The molecule has 0 aliphatic carbocycles. The number of nitrogens with one attached hydrogen (secondary N) is 3. The van der Waals surface area contributed by atoms with Crippen molar-refractivity contribution >= 4 is 17.6 Å². The molecule has 0 saturated heterocycles. The average Bonchev–Trinajstić information content (AvgIpc) is 2.67. The number of urea groups is 1. The zero-order chi connectivity index (χ0) is 20.7. The zero-order valence-corrected chi connectivity index (χ0v) is 17.1. The van der Waals surface area contributed by atoms with Gasteiger partial charge in [-0.05, 0) is 42.5 Å². The fraction of sp³-hybridized carbons (Fsp3) is 0.364. The molecule has 2 aromatic carbocycles. The molecule has 2 aromatic rings. The number of amides is 3. The summed E-state index contributed by atoms with van der Waals surface area (Å²) in [6.07, 6.45) is 0.778. The minimum atomic E-state index is -0.344. The second kappa shape index (κ2) is 9.26. The summed E-state index contributed by atoms with van der Waals surface area (Å²) in [7, 11) is 3.07. The fourth-order valence-electron chi connectivity index (χ4n) is 3.30. The van der Waals surface area contributed by atoms with E-state index in [9.17, 15) is 9.59 Å². The molecule has 0 saturated carbocycles. The predicted octanol–water partition coefficient (Wildman–Crippen LogP) is 3.93. The number of methoxy groups -OCH3 is 1. The van der Waals surface area contributed by atoms with Crippen LogP contribution in [-0.4, -0.2) is 32.1 Å². The first-order valence-corrected chi connectivity index (χ1v) is 9.30. The van der Waals surface area contributed by atoms with E-state index in [2.05, 4.69) is 41.9 Å². The highest BCUT2D eigenvalue weighted by Crippen LogP contribution is 2.28. The molecule has 3 N–H and O–H groups in total. The highest BCUT2D eigenvalue weighted by atomic mass is 16.5. The van der Waals surface area contributed by atoms with Crippen LogP contribution in [0.4, 0.5) is 10.5 Å². The van der Waals surface area contributed by atoms with Crippen LogP contribution >= 0.6 is 0 Å². The third-order valence-electron chi connectivity index (χ3n) is 4.69. The van der Waals surface area contributed by atoms with Gasteiger partial charge in [0.2, 0.25) is 0 Å². The van der Waals surface area contributed by atoms with Crippen molar-refractivity contribution in [2.45, 2.75) is 38.6 Å². The van der Waals surface area contributed by atoms with Crippen molar-refractivity contribution in [2.75, 3.05) is 19.5 Å². The van der Waals surface area contributed by atoms with Gasteiger partial charge in [-0.15, -0.1) is 0 Å². The Kier molecular flexibility index (Phi) is 7.04. The molecule has 1 atom stereocenters. The van der Waals surface area contributed by atoms with E-state index < -0.39 is 0 Å². The van der Waals surface area contributed by atoms with Crippen LogP contribution in [0.1, 0.15) is 43.1 Å². The van der Waals surface area contributed by atoms with E-state index in [4.69, 9.17) is 4.74 Å². The molecule has 6 heteroatoms. The Morgan fingerprint density at radius 3 is 2.39 bits per heavy atom. The fourth-order valence-corrected chi connectivity index (χ4v) is 3.30. The second-order valence-corrected chi connectivity index (χ2v) is 7.45. The van der Waals surface area contributed by atoms with Gasteiger partial charge in [0.1, 0.15) is 5.75 Å². The van der Waals surface area contributed by atoms with E-state index in [-0.39, 0.29) is 23.4 Å². The number of anilines is 1. The lowest BCUT2D eigenvalue weighted by Gasteiger charge is -2.29. The first-order valence-electron chi connectivity index (χ1n) is 9.30. The molecule has 0 heterocycles. The van der Waals surface area contributed by atoms with Crippen molar-refractivity contribution in [3.05, 3.63) is 59.7 Å². The molecule has 0 aliphatic heterocycles. The predicted molar refractivity (Wildman–Crippen MR) is 112 cm³/mol. The first-order chi connectivity index (χ1) is 13.3. The van der Waals surface area contributed by atoms with Gasteiger partial charge >= 0.3 is 6.03 Å². The lowest BCUT2D eigenvalue weighted by Crippen LogP contribution is -2.39. The molecule has 150 valence electrons. The number of ether oxygens (including phenoxy) is 1. The van der Waals surface area contributed by atoms with Gasteiger partial charge in [-0.1, -0.05) is 44.2 Å². The Balaban J connectivity index is 2.04. The van der Waals surface area contributed by atoms with Gasteiger partial charge in [-0.3, -0.25) is 4.79 Å². The van der Waals surface area contributed by atoms with Gasteiger partial charge in [0.25, 0.3) is 5.91 Å². The van der Waals surface area contributed by atoms with Crippen molar-refractivity contribution in [2.24, 2.45) is 0 Å². The SMILES string of the molecule is CNC(=O)c1ccc(OC)c(NC(=O)NC(C)CC(C)(C)c2ccccc2)c1. The monoisotopic (exact) mass is 383 g/mol. The van der Waals surface area contributed by atoms with Crippen LogP contribution in [0.3, 0.4) is 0 Å². The van der Waals surface area contributed by atoms with Gasteiger partial charge in [-0.25, -0.2) is 4.79 Å². The summed E-state index contributed by atoms with van der Waals surface area (Å²) in [6, 6.07) is 14.7. The zero-order valence-electron chi connectivity index (χ0n) is 17.1. The maximum Gasteiger partial charge on any atom is 0.319 e. The normalized spacial score (nSPS) is 12.0. The lowest BCUT2D eigenvalue weighted by molar-refractivity contribution is 0.0963. The average molecular weight is 383 g/mol. The van der Waals surface area contributed by atoms with E-state index in [0.717, 1.165) is 6.42 Å². The Morgan fingerprint density at radius 1 is 1.11 bits per heavy atom. The van der Waals surface area contributed by atoms with Crippen molar-refractivity contribution < 1.29 is 14.3 Å². The van der Waals surface area contributed by atoms with Crippen molar-refractivity contribution in [3.63, 3.8) is 0 Å². The maximum atomic E-state index is 12.5. The summed E-state index contributed by atoms with van der Waals surface area (Å²) in [5.74, 6) is 0.254. The number of benzene rings is 2. The second-order valence-electron chi connectivity index (χ2n) is 7.45. The van der Waals surface area contributed by atoms with Crippen LogP contribution in [0, 0.1) is 0 Å². The van der Waals surface area contributed by atoms with Crippen molar-refractivity contribution in [3.8, 4) is 5.75 Å². The van der Waals surface area contributed by atoms with Gasteiger partial charge < -0.3 is 20.7 Å². The molecule has 0 bridgehead atoms. The number of hydrogen-bond donors (Lipinski definition) is 3. The molecular formula is C22H29N3O3. The van der Waals surface area contributed by atoms with Crippen LogP contribution in [0.5, 0.6) is 5.75 Å². The Labute approximate surface area is 166 Å². The van der Waals surface area contributed by atoms with Gasteiger partial charge in [0.05, 0.1) is 12.8 Å². The van der Waals surface area contributed by atoms with Crippen LogP contribution in [-0.2, 0) is 5.41 Å². The van der Waals surface area contributed by atoms with Gasteiger partial charge in [0, 0.05) is 18.7 Å². The summed E-state index contributed by atoms with van der Waals surface area (Å²) >= 11 is 0. The molecule has 2 rings (SSSR count). The van der Waals surface area contributed by atoms with E-state index in [1.54, 1.807) is 25.2 Å². The van der Waals surface area contributed by atoms with Gasteiger partial charge in [-0.2, -0.15) is 0 Å². The summed E-state index contributed by atoms with van der Waals surface area (Å²) in [6.45, 7) is 6.30. The molecule has 28 heavy (non-hydrogen) atoms. The molecule has 1 unspecified atom stereocenters. The van der Waals surface area contributed by atoms with E-state index in [0.29, 0.717) is 17.0 Å². The summed E-state index contributed by atoms with van der Waals surface area (Å²) in [5, 5.41) is 8.31. The lowest BCUT2D eigenvalue weighted by atomic mass is 9.79. The largest absolute Gasteiger partial charge is 0.495 e. The number of rotatable bonds is 7. The summed E-state index contributed by atoms with van der Waals surface area (Å²) in [5.41, 5.74) is 2.03. The molecule has 0 fully saturated rings. The van der Waals surface area contributed by atoms with Crippen molar-refractivity contribution in [1.82, 2.24) is 10.6 Å². The minimum Gasteiger partial charge on any atom is -0.495 e. The molecular weight excluding hydrogens is 354 g/mol. The molecule has 6 nitrogen and oxygen atoms in total. The Bertz CT molecular complexity index is 819. The van der Waals surface area contributed by atoms with Crippen LogP contribution in [0.2, 0.25) is 0 Å².